The van der Waals surface area contributed by atoms with Crippen molar-refractivity contribution in [2.24, 2.45) is 0 Å². The van der Waals surface area contributed by atoms with Crippen molar-refractivity contribution < 1.29 is 37.8 Å². The SMILES string of the molecule is COC(=O)c1ccc(COC(=O)c2cc(CN3C(=O)c4ccccc4C3=O)ccc2OC)o1. The Labute approximate surface area is 188 Å². The molecule has 0 fully saturated rings. The number of hydrogen-bond acceptors (Lipinski definition) is 8. The molecule has 9 nitrogen and oxygen atoms in total. The van der Waals surface area contributed by atoms with E-state index in [1.165, 1.54) is 32.4 Å². The molecule has 33 heavy (non-hydrogen) atoms. The van der Waals surface area contributed by atoms with Gasteiger partial charge in [0.2, 0.25) is 5.76 Å². The van der Waals surface area contributed by atoms with Gasteiger partial charge in [-0.25, -0.2) is 9.59 Å². The second kappa shape index (κ2) is 8.99. The van der Waals surface area contributed by atoms with E-state index in [4.69, 9.17) is 13.9 Å². The van der Waals surface area contributed by atoms with Crippen molar-refractivity contribution in [1.29, 1.82) is 0 Å². The summed E-state index contributed by atoms with van der Waals surface area (Å²) in [5.74, 6) is -1.62. The predicted molar refractivity (Wildman–Crippen MR) is 113 cm³/mol. The van der Waals surface area contributed by atoms with Gasteiger partial charge in [0.25, 0.3) is 11.8 Å². The van der Waals surface area contributed by atoms with Crippen molar-refractivity contribution in [2.45, 2.75) is 13.2 Å². The number of carbonyl (C=O) groups is 4. The Balaban J connectivity index is 1.49. The molecule has 1 aliphatic heterocycles. The number of methoxy groups -OCH3 is 2. The number of ether oxygens (including phenoxy) is 3. The van der Waals surface area contributed by atoms with E-state index in [1.807, 2.05) is 0 Å². The lowest BCUT2D eigenvalue weighted by Crippen LogP contribution is -2.29. The minimum Gasteiger partial charge on any atom is -0.496 e. The minimum absolute atomic E-state index is 0.0101. The van der Waals surface area contributed by atoms with E-state index in [0.29, 0.717) is 16.7 Å². The number of nitrogens with zero attached hydrogens (tertiary/aromatic N) is 1. The highest BCUT2D eigenvalue weighted by molar-refractivity contribution is 6.21. The highest BCUT2D eigenvalue weighted by Crippen LogP contribution is 2.27. The summed E-state index contributed by atoms with van der Waals surface area (Å²) in [7, 11) is 2.64. The highest BCUT2D eigenvalue weighted by atomic mass is 16.6. The first-order valence-corrected chi connectivity index (χ1v) is 9.89. The molecule has 2 aromatic carbocycles. The number of benzene rings is 2. The third kappa shape index (κ3) is 4.20. The van der Waals surface area contributed by atoms with Crippen LogP contribution in [-0.4, -0.2) is 42.9 Å². The Kier molecular flexibility index (Phi) is 5.95. The lowest BCUT2D eigenvalue weighted by Gasteiger charge is -2.15. The summed E-state index contributed by atoms with van der Waals surface area (Å²) in [5.41, 5.74) is 1.36. The Morgan fingerprint density at radius 1 is 0.909 bits per heavy atom. The fraction of sp³-hybridized carbons (Fsp3) is 0.167. The molecule has 1 aromatic heterocycles. The van der Waals surface area contributed by atoms with Crippen LogP contribution in [0.25, 0.3) is 0 Å². The monoisotopic (exact) mass is 449 g/mol. The Hall–Kier alpha value is -4.40. The van der Waals surface area contributed by atoms with E-state index in [1.54, 1.807) is 36.4 Å². The number of imide groups is 1. The van der Waals surface area contributed by atoms with Gasteiger partial charge in [0.1, 0.15) is 23.7 Å². The smallest absolute Gasteiger partial charge is 0.373 e. The normalized spacial score (nSPS) is 12.5. The summed E-state index contributed by atoms with van der Waals surface area (Å²) >= 11 is 0. The van der Waals surface area contributed by atoms with Crippen LogP contribution >= 0.6 is 0 Å². The first kappa shape index (κ1) is 21.8. The van der Waals surface area contributed by atoms with Gasteiger partial charge in [-0.2, -0.15) is 0 Å². The molecular weight excluding hydrogens is 430 g/mol. The van der Waals surface area contributed by atoms with Crippen LogP contribution in [0.3, 0.4) is 0 Å². The Morgan fingerprint density at radius 3 is 2.24 bits per heavy atom. The van der Waals surface area contributed by atoms with Crippen LogP contribution in [0.4, 0.5) is 0 Å². The van der Waals surface area contributed by atoms with Gasteiger partial charge in [0, 0.05) is 0 Å². The maximum Gasteiger partial charge on any atom is 0.373 e. The molecule has 0 atom stereocenters. The van der Waals surface area contributed by atoms with Crippen molar-refractivity contribution in [1.82, 2.24) is 4.90 Å². The first-order chi connectivity index (χ1) is 15.9. The number of esters is 2. The van der Waals surface area contributed by atoms with Crippen LogP contribution in [-0.2, 0) is 22.6 Å². The molecule has 4 rings (SSSR count). The van der Waals surface area contributed by atoms with Gasteiger partial charge >= 0.3 is 11.9 Å². The predicted octanol–water partition coefficient (Wildman–Crippen LogP) is 3.23. The second-order valence-corrected chi connectivity index (χ2v) is 7.11. The molecule has 9 heteroatoms. The molecule has 3 aromatic rings. The molecule has 0 N–H and O–H groups in total. The van der Waals surface area contributed by atoms with Gasteiger partial charge < -0.3 is 18.6 Å². The summed E-state index contributed by atoms with van der Waals surface area (Å²) in [6.45, 7) is -0.237. The maximum atomic E-state index is 12.7. The molecule has 0 saturated heterocycles. The summed E-state index contributed by atoms with van der Waals surface area (Å²) < 4.78 is 20.4. The molecule has 1 aliphatic rings. The summed E-state index contributed by atoms with van der Waals surface area (Å²) in [6, 6.07) is 14.2. The maximum absolute atomic E-state index is 12.7. The molecule has 0 radical (unpaired) electrons. The zero-order chi connectivity index (χ0) is 23.5. The van der Waals surface area contributed by atoms with E-state index in [9.17, 15) is 19.2 Å². The largest absolute Gasteiger partial charge is 0.496 e. The van der Waals surface area contributed by atoms with Crippen LogP contribution in [0.1, 0.15) is 53.0 Å². The lowest BCUT2D eigenvalue weighted by molar-refractivity contribution is 0.0434. The zero-order valence-corrected chi connectivity index (χ0v) is 17.8. The van der Waals surface area contributed by atoms with E-state index in [2.05, 4.69) is 4.74 Å². The van der Waals surface area contributed by atoms with E-state index in [0.717, 1.165) is 4.90 Å². The molecule has 0 bridgehead atoms. The number of fused-ring (bicyclic) bond motifs is 1. The molecule has 0 spiro atoms. The average Bonchev–Trinajstić information content (AvgIpc) is 3.41. The van der Waals surface area contributed by atoms with Crippen LogP contribution in [0.2, 0.25) is 0 Å². The summed E-state index contributed by atoms with van der Waals surface area (Å²) in [6.07, 6.45) is 0. The summed E-state index contributed by atoms with van der Waals surface area (Å²) in [4.78, 5) is 50.6. The molecule has 0 saturated carbocycles. The first-order valence-electron chi connectivity index (χ1n) is 9.89. The van der Waals surface area contributed by atoms with Gasteiger partial charge in [-0.05, 0) is 42.0 Å². The lowest BCUT2D eigenvalue weighted by atomic mass is 10.1. The number of rotatable bonds is 7. The van der Waals surface area contributed by atoms with Gasteiger partial charge in [0.15, 0.2) is 0 Å². The highest BCUT2D eigenvalue weighted by Gasteiger charge is 2.35. The van der Waals surface area contributed by atoms with Gasteiger partial charge in [0.05, 0.1) is 31.9 Å². The number of furan rings is 1. The minimum atomic E-state index is -0.702. The number of amides is 2. The van der Waals surface area contributed by atoms with Crippen molar-refractivity contribution in [2.75, 3.05) is 14.2 Å². The third-order valence-corrected chi connectivity index (χ3v) is 5.10. The topological polar surface area (TPSA) is 112 Å². The molecular formula is C24H19NO8. The Bertz CT molecular complexity index is 1220. The van der Waals surface area contributed by atoms with Gasteiger partial charge in [-0.3, -0.25) is 14.5 Å². The quantitative estimate of drug-likeness (QED) is 0.399. The fourth-order valence-electron chi connectivity index (χ4n) is 3.46. The Morgan fingerprint density at radius 2 is 1.61 bits per heavy atom. The van der Waals surface area contributed by atoms with Crippen LogP contribution < -0.4 is 4.74 Å². The molecule has 168 valence electrons. The molecule has 0 aliphatic carbocycles. The standard InChI is InChI=1S/C24H19NO8/c1-30-19-9-7-14(12-25-21(26)16-5-3-4-6-17(16)22(25)27)11-18(19)23(28)32-13-15-8-10-20(33-15)24(29)31-2/h3-11H,12-13H2,1-2H3. The average molecular weight is 449 g/mol. The fourth-order valence-corrected chi connectivity index (χ4v) is 3.46. The number of hydrogen-bond donors (Lipinski definition) is 0. The van der Waals surface area contributed by atoms with Gasteiger partial charge in [-0.1, -0.05) is 18.2 Å². The van der Waals surface area contributed by atoms with Crippen molar-refractivity contribution in [3.8, 4) is 5.75 Å². The van der Waals surface area contributed by atoms with E-state index >= 15 is 0 Å². The van der Waals surface area contributed by atoms with Crippen LogP contribution in [0, 0.1) is 0 Å². The second-order valence-electron chi connectivity index (χ2n) is 7.11. The molecule has 2 amide bonds. The van der Waals surface area contributed by atoms with E-state index in [-0.39, 0.29) is 36.0 Å². The van der Waals surface area contributed by atoms with Crippen LogP contribution in [0.5, 0.6) is 5.75 Å². The van der Waals surface area contributed by atoms with Crippen molar-refractivity contribution in [3.05, 3.63) is 88.4 Å². The van der Waals surface area contributed by atoms with Gasteiger partial charge in [-0.15, -0.1) is 0 Å². The summed E-state index contributed by atoms with van der Waals surface area (Å²) in [5, 5.41) is 0. The van der Waals surface area contributed by atoms with Crippen molar-refractivity contribution in [3.63, 3.8) is 0 Å². The van der Waals surface area contributed by atoms with Crippen molar-refractivity contribution >= 4 is 23.8 Å². The third-order valence-electron chi connectivity index (χ3n) is 5.10. The van der Waals surface area contributed by atoms with Crippen LogP contribution in [0.15, 0.2) is 59.0 Å². The molecule has 0 unspecified atom stereocenters. The number of carbonyl (C=O) groups excluding carboxylic acids is 4. The molecule has 2 heterocycles. The zero-order valence-electron chi connectivity index (χ0n) is 17.8. The van der Waals surface area contributed by atoms with E-state index < -0.39 is 23.8 Å².